The van der Waals surface area contributed by atoms with Crippen LogP contribution in [0.2, 0.25) is 0 Å². The molecule has 84 valence electrons. The van der Waals surface area contributed by atoms with Crippen molar-refractivity contribution >= 4 is 0 Å². The third-order valence-electron chi connectivity index (χ3n) is 2.27. The molecule has 0 aliphatic rings. The summed E-state index contributed by atoms with van der Waals surface area (Å²) >= 11 is 0. The van der Waals surface area contributed by atoms with E-state index in [9.17, 15) is 0 Å². The summed E-state index contributed by atoms with van der Waals surface area (Å²) in [5, 5.41) is 7.77. The van der Waals surface area contributed by atoms with Crippen LogP contribution in [0.15, 0.2) is 34.7 Å². The molecule has 0 saturated heterocycles. The van der Waals surface area contributed by atoms with Gasteiger partial charge in [-0.25, -0.2) is 0 Å². The zero-order chi connectivity index (χ0) is 11.4. The topological polar surface area (TPSA) is 42.2 Å². The molecule has 0 radical (unpaired) electrons. The summed E-state index contributed by atoms with van der Waals surface area (Å²) in [7, 11) is 2.03. The van der Waals surface area contributed by atoms with Crippen LogP contribution >= 0.6 is 0 Å². The number of aromatic nitrogens is 2. The zero-order valence-corrected chi connectivity index (χ0v) is 9.55. The fraction of sp³-hybridized carbons (Fsp3) is 0.333. The molecule has 0 aliphatic heterocycles. The molecule has 4 nitrogen and oxygen atoms in total. The number of aryl methyl sites for hydroxylation is 1. The molecule has 4 heteroatoms. The van der Waals surface area contributed by atoms with E-state index in [2.05, 4.69) is 27.2 Å². The summed E-state index contributed by atoms with van der Waals surface area (Å²) in [5.74, 6) is 1.28. The number of hydrogen-bond donors (Lipinski definition) is 0. The van der Waals surface area contributed by atoms with Crippen LogP contribution in [0.4, 0.5) is 0 Å². The van der Waals surface area contributed by atoms with Gasteiger partial charge in [-0.2, -0.15) is 0 Å². The summed E-state index contributed by atoms with van der Waals surface area (Å²) in [6.07, 6.45) is 0. The van der Waals surface area contributed by atoms with E-state index >= 15 is 0 Å². The predicted molar refractivity (Wildman–Crippen MR) is 60.6 cm³/mol. The molecule has 0 bridgehead atoms. The van der Waals surface area contributed by atoms with Crippen molar-refractivity contribution in [2.24, 2.45) is 0 Å². The third kappa shape index (κ3) is 2.90. The van der Waals surface area contributed by atoms with E-state index in [1.807, 2.05) is 25.2 Å². The minimum absolute atomic E-state index is 0.614. The first-order valence-electron chi connectivity index (χ1n) is 5.25. The monoisotopic (exact) mass is 217 g/mol. The Morgan fingerprint density at radius 2 is 1.88 bits per heavy atom. The highest BCUT2D eigenvalue weighted by Crippen LogP contribution is 2.06. The van der Waals surface area contributed by atoms with Gasteiger partial charge in [-0.1, -0.05) is 30.3 Å². The molecule has 0 amide bonds. The summed E-state index contributed by atoms with van der Waals surface area (Å²) in [5.41, 5.74) is 1.28. The van der Waals surface area contributed by atoms with E-state index in [0.717, 1.165) is 6.54 Å². The van der Waals surface area contributed by atoms with E-state index in [0.29, 0.717) is 18.3 Å². The predicted octanol–water partition coefficient (Wildman–Crippen LogP) is 2.01. The summed E-state index contributed by atoms with van der Waals surface area (Å²) < 4.78 is 5.33. The maximum absolute atomic E-state index is 5.33. The highest BCUT2D eigenvalue weighted by atomic mass is 16.4. The second kappa shape index (κ2) is 4.90. The number of hydrogen-bond acceptors (Lipinski definition) is 4. The van der Waals surface area contributed by atoms with Gasteiger partial charge in [0.1, 0.15) is 0 Å². The lowest BCUT2D eigenvalue weighted by molar-refractivity contribution is 0.279. The Bertz CT molecular complexity index is 439. The SMILES string of the molecule is Cc1nnc(CN(C)Cc2ccccc2)o1. The smallest absolute Gasteiger partial charge is 0.230 e. The van der Waals surface area contributed by atoms with Gasteiger partial charge in [0.15, 0.2) is 0 Å². The van der Waals surface area contributed by atoms with Crippen molar-refractivity contribution in [1.82, 2.24) is 15.1 Å². The van der Waals surface area contributed by atoms with Crippen LogP contribution in [0.5, 0.6) is 0 Å². The number of rotatable bonds is 4. The third-order valence-corrected chi connectivity index (χ3v) is 2.27. The van der Waals surface area contributed by atoms with Crippen molar-refractivity contribution in [3.63, 3.8) is 0 Å². The number of benzene rings is 1. The standard InChI is InChI=1S/C12H15N3O/c1-10-13-14-12(16-10)9-15(2)8-11-6-4-3-5-7-11/h3-7H,8-9H2,1-2H3. The van der Waals surface area contributed by atoms with Gasteiger partial charge in [-0.3, -0.25) is 4.90 Å². The first-order chi connectivity index (χ1) is 7.74. The molecule has 16 heavy (non-hydrogen) atoms. The molecule has 2 rings (SSSR count). The minimum atomic E-state index is 0.614. The van der Waals surface area contributed by atoms with Crippen LogP contribution in [0, 0.1) is 6.92 Å². The second-order valence-corrected chi connectivity index (χ2v) is 3.87. The molecule has 0 unspecified atom stereocenters. The highest BCUT2D eigenvalue weighted by Gasteiger charge is 2.06. The summed E-state index contributed by atoms with van der Waals surface area (Å²) in [6, 6.07) is 10.3. The van der Waals surface area contributed by atoms with E-state index in [4.69, 9.17) is 4.42 Å². The van der Waals surface area contributed by atoms with Crippen molar-refractivity contribution in [1.29, 1.82) is 0 Å². The molecule has 1 aromatic heterocycles. The maximum Gasteiger partial charge on any atom is 0.230 e. The fourth-order valence-electron chi connectivity index (χ4n) is 1.58. The average molecular weight is 217 g/mol. The lowest BCUT2D eigenvalue weighted by atomic mass is 10.2. The molecule has 0 fully saturated rings. The Hall–Kier alpha value is -1.68. The lowest BCUT2D eigenvalue weighted by Gasteiger charge is -2.13. The molecule has 1 aromatic carbocycles. The fourth-order valence-corrected chi connectivity index (χ4v) is 1.58. The largest absolute Gasteiger partial charge is 0.424 e. The molecule has 2 aromatic rings. The second-order valence-electron chi connectivity index (χ2n) is 3.87. The average Bonchev–Trinajstić information content (AvgIpc) is 2.65. The molecular formula is C12H15N3O. The first kappa shape index (κ1) is 10.8. The molecule has 0 saturated carbocycles. The molecule has 0 atom stereocenters. The Morgan fingerprint density at radius 3 is 2.50 bits per heavy atom. The van der Waals surface area contributed by atoms with Gasteiger partial charge in [0.05, 0.1) is 6.54 Å². The van der Waals surface area contributed by atoms with Crippen LogP contribution in [0.3, 0.4) is 0 Å². The van der Waals surface area contributed by atoms with Crippen molar-refractivity contribution in [2.45, 2.75) is 20.0 Å². The Morgan fingerprint density at radius 1 is 1.12 bits per heavy atom. The first-order valence-corrected chi connectivity index (χ1v) is 5.25. The van der Waals surface area contributed by atoms with Crippen molar-refractivity contribution in [3.05, 3.63) is 47.7 Å². The van der Waals surface area contributed by atoms with E-state index in [1.165, 1.54) is 5.56 Å². The van der Waals surface area contributed by atoms with Crippen LogP contribution < -0.4 is 0 Å². The Labute approximate surface area is 94.9 Å². The van der Waals surface area contributed by atoms with Crippen LogP contribution in [0.1, 0.15) is 17.3 Å². The van der Waals surface area contributed by atoms with Crippen LogP contribution in [-0.4, -0.2) is 22.1 Å². The van der Waals surface area contributed by atoms with Crippen LogP contribution in [0.25, 0.3) is 0 Å². The minimum Gasteiger partial charge on any atom is -0.424 e. The Balaban J connectivity index is 1.92. The normalized spacial score (nSPS) is 10.9. The van der Waals surface area contributed by atoms with Gasteiger partial charge in [-0.15, -0.1) is 10.2 Å². The van der Waals surface area contributed by atoms with Crippen molar-refractivity contribution in [3.8, 4) is 0 Å². The van der Waals surface area contributed by atoms with E-state index in [1.54, 1.807) is 6.92 Å². The summed E-state index contributed by atoms with van der Waals surface area (Å²) in [4.78, 5) is 2.14. The molecule has 0 spiro atoms. The molecule has 0 N–H and O–H groups in total. The molecular weight excluding hydrogens is 202 g/mol. The van der Waals surface area contributed by atoms with Gasteiger partial charge in [-0.05, 0) is 12.6 Å². The molecule has 1 heterocycles. The van der Waals surface area contributed by atoms with Gasteiger partial charge >= 0.3 is 0 Å². The van der Waals surface area contributed by atoms with Crippen LogP contribution in [-0.2, 0) is 13.1 Å². The van der Waals surface area contributed by atoms with Crippen molar-refractivity contribution in [2.75, 3.05) is 7.05 Å². The number of nitrogens with zero attached hydrogens (tertiary/aromatic N) is 3. The van der Waals surface area contributed by atoms with Gasteiger partial charge in [0.25, 0.3) is 0 Å². The highest BCUT2D eigenvalue weighted by molar-refractivity contribution is 5.14. The summed E-state index contributed by atoms with van der Waals surface area (Å²) in [6.45, 7) is 3.35. The molecule has 0 aliphatic carbocycles. The van der Waals surface area contributed by atoms with E-state index in [-0.39, 0.29) is 0 Å². The lowest BCUT2D eigenvalue weighted by Crippen LogP contribution is -2.17. The van der Waals surface area contributed by atoms with Gasteiger partial charge in [0.2, 0.25) is 11.8 Å². The Kier molecular flexibility index (Phi) is 3.31. The van der Waals surface area contributed by atoms with E-state index < -0.39 is 0 Å². The van der Waals surface area contributed by atoms with Crippen molar-refractivity contribution < 1.29 is 4.42 Å². The zero-order valence-electron chi connectivity index (χ0n) is 9.55. The van der Waals surface area contributed by atoms with Gasteiger partial charge in [0, 0.05) is 13.5 Å². The van der Waals surface area contributed by atoms with Gasteiger partial charge < -0.3 is 4.42 Å². The maximum atomic E-state index is 5.33. The quantitative estimate of drug-likeness (QED) is 0.785.